The number of anilines is 1. The second-order valence-electron chi connectivity index (χ2n) is 11.0. The predicted molar refractivity (Wildman–Crippen MR) is 172 cm³/mol. The molecular formula is C32H36ClN3O5S2. The van der Waals surface area contributed by atoms with Gasteiger partial charge < -0.3 is 20.5 Å². The molecule has 0 bridgehead atoms. The number of thiazole rings is 1. The Balaban J connectivity index is 1.42. The van der Waals surface area contributed by atoms with Crippen molar-refractivity contribution in [2.75, 3.05) is 24.2 Å². The lowest BCUT2D eigenvalue weighted by molar-refractivity contribution is 0.102. The van der Waals surface area contributed by atoms with E-state index in [9.17, 15) is 13.2 Å². The Morgan fingerprint density at radius 1 is 1.05 bits per heavy atom. The quantitative estimate of drug-likeness (QED) is 0.167. The Bertz CT molecular complexity index is 1650. The van der Waals surface area contributed by atoms with Crippen LogP contribution in [0.2, 0.25) is 5.02 Å². The first-order valence-electron chi connectivity index (χ1n) is 13.9. The first-order valence-corrected chi connectivity index (χ1v) is 16.8. The number of sulfone groups is 1. The van der Waals surface area contributed by atoms with Gasteiger partial charge in [-0.15, -0.1) is 11.3 Å². The number of amides is 1. The minimum absolute atomic E-state index is 0.0208. The number of nitrogens with two attached hydrogens (primary N) is 1. The van der Waals surface area contributed by atoms with E-state index in [1.165, 1.54) is 12.1 Å². The molecule has 1 heterocycles. The van der Waals surface area contributed by atoms with Gasteiger partial charge in [0, 0.05) is 27.9 Å². The minimum Gasteiger partial charge on any atom is -0.490 e. The highest BCUT2D eigenvalue weighted by atomic mass is 35.5. The fraction of sp³-hybridized carbons (Fsp3) is 0.312. The van der Waals surface area contributed by atoms with E-state index < -0.39 is 9.84 Å². The number of carbonyl (C=O) groups excluding carboxylic acids is 1. The van der Waals surface area contributed by atoms with Crippen LogP contribution in [0.5, 0.6) is 11.5 Å². The van der Waals surface area contributed by atoms with E-state index in [0.717, 1.165) is 16.3 Å². The highest BCUT2D eigenvalue weighted by molar-refractivity contribution is 7.91. The summed E-state index contributed by atoms with van der Waals surface area (Å²) >= 11 is 7.44. The molecule has 0 unspecified atom stereocenters. The van der Waals surface area contributed by atoms with Crippen LogP contribution < -0.4 is 20.5 Å². The van der Waals surface area contributed by atoms with Gasteiger partial charge in [-0.3, -0.25) is 4.79 Å². The number of benzene rings is 3. The zero-order valence-corrected chi connectivity index (χ0v) is 26.8. The lowest BCUT2D eigenvalue weighted by atomic mass is 9.93. The maximum absolute atomic E-state index is 13.3. The van der Waals surface area contributed by atoms with Crippen LogP contribution >= 0.6 is 22.9 Å². The summed E-state index contributed by atoms with van der Waals surface area (Å²) in [5.41, 5.74) is 8.35. The molecule has 0 radical (unpaired) electrons. The number of nitrogens with zero attached hydrogens (tertiary/aromatic N) is 1. The predicted octanol–water partition coefficient (Wildman–Crippen LogP) is 6.67. The van der Waals surface area contributed by atoms with Gasteiger partial charge in [-0.25, -0.2) is 13.4 Å². The van der Waals surface area contributed by atoms with E-state index in [0.29, 0.717) is 53.8 Å². The molecule has 1 amide bonds. The first kappa shape index (κ1) is 32.5. The third-order valence-corrected chi connectivity index (χ3v) is 9.39. The molecule has 3 N–H and O–H groups in total. The van der Waals surface area contributed by atoms with Gasteiger partial charge in [0.2, 0.25) is 0 Å². The Hall–Kier alpha value is -3.44. The van der Waals surface area contributed by atoms with Crippen molar-refractivity contribution in [3.63, 3.8) is 0 Å². The monoisotopic (exact) mass is 641 g/mol. The number of hydrogen-bond acceptors (Lipinski definition) is 8. The first-order chi connectivity index (χ1) is 20.4. The summed E-state index contributed by atoms with van der Waals surface area (Å²) < 4.78 is 37.2. The smallest absolute Gasteiger partial charge is 0.255 e. The standard InChI is InChI=1S/C32H36ClN3O5S2/c1-32(2,3)29-21-42-30(36-29)20-41-25-8-4-7-23(19-25)31(37)35-27-18-22(9-14-28(27)40-16-15-34)6-5-17-43(38,39)26-12-10-24(33)11-13-26/h4,7-14,18-19,21H,5-6,15-17,20,34H2,1-3H3,(H,35,37). The van der Waals surface area contributed by atoms with Gasteiger partial charge in [0.1, 0.15) is 29.7 Å². The second kappa shape index (κ2) is 14.4. The summed E-state index contributed by atoms with van der Waals surface area (Å²) in [6.45, 7) is 7.24. The van der Waals surface area contributed by atoms with Gasteiger partial charge in [0.25, 0.3) is 5.91 Å². The van der Waals surface area contributed by atoms with E-state index in [4.69, 9.17) is 26.8 Å². The molecule has 0 aliphatic rings. The molecule has 4 aromatic rings. The van der Waals surface area contributed by atoms with Gasteiger partial charge in [0.15, 0.2) is 9.84 Å². The summed E-state index contributed by atoms with van der Waals surface area (Å²) in [7, 11) is -3.45. The highest BCUT2D eigenvalue weighted by Crippen LogP contribution is 2.29. The molecule has 0 aliphatic carbocycles. The number of ether oxygens (including phenoxy) is 2. The average Bonchev–Trinajstić information content (AvgIpc) is 3.46. The number of rotatable bonds is 13. The SMILES string of the molecule is CC(C)(C)c1csc(COc2cccc(C(=O)Nc3cc(CCCS(=O)(=O)c4ccc(Cl)cc4)ccc3OCCN)c2)n1. The van der Waals surface area contributed by atoms with Gasteiger partial charge in [-0.1, -0.05) is 44.5 Å². The summed E-state index contributed by atoms with van der Waals surface area (Å²) in [5.74, 6) is 0.667. The fourth-order valence-corrected chi connectivity index (χ4v) is 6.51. The molecule has 0 atom stereocenters. The molecule has 0 spiro atoms. The Morgan fingerprint density at radius 2 is 1.81 bits per heavy atom. The van der Waals surface area contributed by atoms with Crippen molar-refractivity contribution in [3.05, 3.63) is 99.0 Å². The summed E-state index contributed by atoms with van der Waals surface area (Å²) in [6.07, 6.45) is 0.890. The van der Waals surface area contributed by atoms with Gasteiger partial charge >= 0.3 is 0 Å². The zero-order chi connectivity index (χ0) is 31.0. The molecule has 43 heavy (non-hydrogen) atoms. The van der Waals surface area contributed by atoms with Crippen molar-refractivity contribution < 1.29 is 22.7 Å². The van der Waals surface area contributed by atoms with Crippen molar-refractivity contribution in [2.24, 2.45) is 5.73 Å². The zero-order valence-electron chi connectivity index (χ0n) is 24.4. The largest absolute Gasteiger partial charge is 0.490 e. The molecule has 0 fully saturated rings. The van der Waals surface area contributed by atoms with Crippen LogP contribution in [-0.2, 0) is 28.3 Å². The lowest BCUT2D eigenvalue weighted by Gasteiger charge is -2.15. The molecule has 3 aromatic carbocycles. The number of hydrogen-bond donors (Lipinski definition) is 2. The molecule has 0 saturated carbocycles. The number of aromatic nitrogens is 1. The Morgan fingerprint density at radius 3 is 2.51 bits per heavy atom. The molecule has 8 nitrogen and oxygen atoms in total. The summed E-state index contributed by atoms with van der Waals surface area (Å²) in [6, 6.07) is 18.5. The average molecular weight is 642 g/mol. The summed E-state index contributed by atoms with van der Waals surface area (Å²) in [4.78, 5) is 18.2. The third kappa shape index (κ3) is 9.27. The molecular weight excluding hydrogens is 606 g/mol. The van der Waals surface area contributed by atoms with Crippen molar-refractivity contribution >= 4 is 44.4 Å². The number of carbonyl (C=O) groups is 1. The number of nitrogens with one attached hydrogen (secondary N) is 1. The van der Waals surface area contributed by atoms with Crippen LogP contribution in [-0.4, -0.2) is 38.2 Å². The van der Waals surface area contributed by atoms with Crippen LogP contribution in [0.25, 0.3) is 0 Å². The number of halogens is 1. The van der Waals surface area contributed by atoms with Crippen molar-refractivity contribution in [1.29, 1.82) is 0 Å². The fourth-order valence-electron chi connectivity index (χ4n) is 4.14. The van der Waals surface area contributed by atoms with Crippen LogP contribution in [0.3, 0.4) is 0 Å². The maximum Gasteiger partial charge on any atom is 0.255 e. The van der Waals surface area contributed by atoms with Crippen molar-refractivity contribution in [1.82, 2.24) is 4.98 Å². The molecule has 0 aliphatic heterocycles. The van der Waals surface area contributed by atoms with Gasteiger partial charge in [-0.05, 0) is 73.0 Å². The Kier molecular flexibility index (Phi) is 10.8. The van der Waals surface area contributed by atoms with Crippen LogP contribution in [0, 0.1) is 0 Å². The molecule has 1 aromatic heterocycles. The maximum atomic E-state index is 13.3. The molecule has 11 heteroatoms. The molecule has 4 rings (SSSR count). The van der Waals surface area contributed by atoms with Crippen LogP contribution in [0.4, 0.5) is 5.69 Å². The van der Waals surface area contributed by atoms with Crippen LogP contribution in [0.1, 0.15) is 53.8 Å². The topological polar surface area (TPSA) is 121 Å². The van der Waals surface area contributed by atoms with E-state index in [1.54, 1.807) is 59.9 Å². The van der Waals surface area contributed by atoms with E-state index in [2.05, 4.69) is 31.1 Å². The van der Waals surface area contributed by atoms with E-state index in [1.807, 2.05) is 11.4 Å². The van der Waals surface area contributed by atoms with E-state index >= 15 is 0 Å². The van der Waals surface area contributed by atoms with Crippen LogP contribution in [0.15, 0.2) is 77.0 Å². The summed E-state index contributed by atoms with van der Waals surface area (Å²) in [5, 5.41) is 6.32. The van der Waals surface area contributed by atoms with E-state index in [-0.39, 0.29) is 28.6 Å². The number of aryl methyl sites for hydroxylation is 1. The van der Waals surface area contributed by atoms with Crippen molar-refractivity contribution in [2.45, 2.75) is 50.5 Å². The molecule has 228 valence electrons. The van der Waals surface area contributed by atoms with Gasteiger partial charge in [-0.2, -0.15) is 0 Å². The molecule has 0 saturated heterocycles. The lowest BCUT2D eigenvalue weighted by Crippen LogP contribution is -2.15. The Labute approximate surface area is 262 Å². The third-order valence-electron chi connectivity index (χ3n) is 6.50. The minimum atomic E-state index is -3.45. The second-order valence-corrected chi connectivity index (χ2v) is 14.5. The normalized spacial score (nSPS) is 11.7. The van der Waals surface area contributed by atoms with Crippen molar-refractivity contribution in [3.8, 4) is 11.5 Å². The highest BCUT2D eigenvalue weighted by Gasteiger charge is 2.18. The van der Waals surface area contributed by atoms with Gasteiger partial charge in [0.05, 0.1) is 22.0 Å².